The molecule has 1 nitrogen and oxygen atoms in total. The molecule has 1 fully saturated rings. The molecule has 0 unspecified atom stereocenters. The van der Waals surface area contributed by atoms with E-state index in [4.69, 9.17) is 0 Å². The van der Waals surface area contributed by atoms with Crippen molar-refractivity contribution in [3.8, 4) is 0 Å². The van der Waals surface area contributed by atoms with E-state index in [9.17, 15) is 0 Å². The van der Waals surface area contributed by atoms with Crippen LogP contribution in [0.2, 0.25) is 0 Å². The predicted molar refractivity (Wildman–Crippen MR) is 82.4 cm³/mol. The highest BCUT2D eigenvalue weighted by Gasteiger charge is 2.27. The molecule has 2 rings (SSSR count). The van der Waals surface area contributed by atoms with Gasteiger partial charge in [-0.25, -0.2) is 0 Å². The van der Waals surface area contributed by atoms with E-state index in [2.05, 4.69) is 60.8 Å². The maximum Gasteiger partial charge on any atom is 0.0236 e. The Morgan fingerprint density at radius 3 is 2.22 bits per heavy atom. The van der Waals surface area contributed by atoms with Crippen LogP contribution in [0.1, 0.15) is 35.1 Å². The first-order chi connectivity index (χ1) is 8.45. The van der Waals surface area contributed by atoms with E-state index in [0.29, 0.717) is 0 Å². The Bertz CT molecular complexity index is 398. The van der Waals surface area contributed by atoms with Crippen LogP contribution in [0.5, 0.6) is 0 Å². The lowest BCUT2D eigenvalue weighted by molar-refractivity contribution is 0.207. The lowest BCUT2D eigenvalue weighted by Gasteiger charge is -2.34. The molecule has 1 saturated carbocycles. The van der Waals surface area contributed by atoms with Crippen molar-refractivity contribution in [2.45, 2.75) is 45.0 Å². The number of aryl methyl sites for hydroxylation is 3. The molecule has 0 atom stereocenters. The van der Waals surface area contributed by atoms with Crippen LogP contribution in [0.4, 0.5) is 0 Å². The molecule has 2 heteroatoms. The van der Waals surface area contributed by atoms with Gasteiger partial charge in [-0.2, -0.15) is 0 Å². The number of hydrogen-bond donors (Lipinski definition) is 0. The van der Waals surface area contributed by atoms with Gasteiger partial charge in [0.1, 0.15) is 0 Å². The molecule has 0 radical (unpaired) electrons. The Kier molecular flexibility index (Phi) is 4.50. The normalized spacial score (nSPS) is 23.2. The van der Waals surface area contributed by atoms with Gasteiger partial charge in [0, 0.05) is 17.9 Å². The van der Waals surface area contributed by atoms with Gasteiger partial charge in [-0.1, -0.05) is 33.6 Å². The predicted octanol–water partition coefficient (Wildman–Crippen LogP) is 4.22. The minimum Gasteiger partial charge on any atom is -0.302 e. The van der Waals surface area contributed by atoms with Crippen LogP contribution in [0, 0.1) is 26.7 Å². The summed E-state index contributed by atoms with van der Waals surface area (Å²) in [4.78, 5) is 3.26. The summed E-state index contributed by atoms with van der Waals surface area (Å²) in [6.45, 7) is 8.97. The minimum atomic E-state index is 0.777. The molecule has 1 aliphatic rings. The second-order valence-electron chi connectivity index (χ2n) is 6.01. The van der Waals surface area contributed by atoms with Gasteiger partial charge >= 0.3 is 0 Å². The quantitative estimate of drug-likeness (QED) is 0.753. The lowest BCUT2D eigenvalue weighted by atomic mass is 9.85. The highest BCUT2D eigenvalue weighted by Crippen LogP contribution is 2.33. The highest BCUT2D eigenvalue weighted by molar-refractivity contribution is 9.09. The molecular formula is C16H24BrN. The summed E-state index contributed by atoms with van der Waals surface area (Å²) in [6.07, 6.45) is 2.69. The molecule has 0 aliphatic heterocycles. The van der Waals surface area contributed by atoms with E-state index in [1.807, 2.05) is 0 Å². The number of hydrogen-bond acceptors (Lipinski definition) is 1. The Labute approximate surface area is 120 Å². The van der Waals surface area contributed by atoms with E-state index >= 15 is 0 Å². The fourth-order valence-electron chi connectivity index (χ4n) is 3.04. The summed E-state index contributed by atoms with van der Waals surface area (Å²) >= 11 is 3.67. The molecule has 100 valence electrons. The Morgan fingerprint density at radius 2 is 1.72 bits per heavy atom. The van der Waals surface area contributed by atoms with Crippen molar-refractivity contribution in [2.75, 3.05) is 13.6 Å². The number of alkyl halides is 1. The highest BCUT2D eigenvalue weighted by atomic mass is 79.9. The maximum atomic E-state index is 3.67. The summed E-state index contributed by atoms with van der Waals surface area (Å²) in [5, 5.41) is 0. The van der Waals surface area contributed by atoms with Crippen molar-refractivity contribution >= 4 is 15.9 Å². The number of nitrogens with zero attached hydrogens (tertiary/aromatic N) is 1. The van der Waals surface area contributed by atoms with E-state index in [1.54, 1.807) is 0 Å². The van der Waals surface area contributed by atoms with Gasteiger partial charge < -0.3 is 4.90 Å². The van der Waals surface area contributed by atoms with Crippen molar-refractivity contribution < 1.29 is 0 Å². The third-order valence-corrected chi connectivity index (χ3v) is 4.76. The summed E-state index contributed by atoms with van der Waals surface area (Å²) in [5.41, 5.74) is 5.76. The van der Waals surface area contributed by atoms with Crippen molar-refractivity contribution in [1.29, 1.82) is 0 Å². The van der Waals surface area contributed by atoms with Crippen LogP contribution in [0.15, 0.2) is 12.1 Å². The monoisotopic (exact) mass is 309 g/mol. The average molecular weight is 310 g/mol. The molecule has 0 aromatic heterocycles. The molecule has 1 aromatic rings. The van der Waals surface area contributed by atoms with Gasteiger partial charge in [0.15, 0.2) is 0 Å². The maximum absolute atomic E-state index is 3.67. The van der Waals surface area contributed by atoms with Crippen LogP contribution in [0.25, 0.3) is 0 Å². The molecular weight excluding hydrogens is 286 g/mol. The lowest BCUT2D eigenvalue weighted by Crippen LogP contribution is -2.34. The second-order valence-corrected chi connectivity index (χ2v) is 7.30. The van der Waals surface area contributed by atoms with E-state index in [0.717, 1.165) is 17.3 Å². The van der Waals surface area contributed by atoms with Gasteiger partial charge in [0.05, 0.1) is 0 Å². The molecule has 0 heterocycles. The number of halogens is 1. The molecule has 0 bridgehead atoms. The molecule has 0 N–H and O–H groups in total. The molecule has 1 aliphatic carbocycles. The van der Waals surface area contributed by atoms with Crippen LogP contribution >= 0.6 is 15.9 Å². The van der Waals surface area contributed by atoms with Gasteiger partial charge in [0.2, 0.25) is 0 Å². The molecule has 0 amide bonds. The van der Waals surface area contributed by atoms with Gasteiger partial charge in [-0.05, 0) is 63.3 Å². The fraction of sp³-hybridized carbons (Fsp3) is 0.625. The number of benzene rings is 1. The SMILES string of the molecule is Cc1cc(C)c(CN(C)CC2CC(Br)C2)c(C)c1. The van der Waals surface area contributed by atoms with Crippen molar-refractivity contribution in [1.82, 2.24) is 4.90 Å². The third-order valence-electron chi connectivity index (χ3n) is 4.02. The van der Waals surface area contributed by atoms with Crippen LogP contribution in [-0.4, -0.2) is 23.3 Å². The Balaban J connectivity index is 1.96. The first-order valence-corrected chi connectivity index (χ1v) is 7.76. The first kappa shape index (κ1) is 14.1. The standard InChI is InChI=1S/C16H24BrN/c1-11-5-12(2)16(13(3)6-11)10-18(4)9-14-7-15(17)8-14/h5-6,14-15H,7-10H2,1-4H3. The molecule has 1 aromatic carbocycles. The summed E-state index contributed by atoms with van der Waals surface area (Å²) in [5.74, 6) is 0.894. The smallest absolute Gasteiger partial charge is 0.0236 e. The molecule has 18 heavy (non-hydrogen) atoms. The summed E-state index contributed by atoms with van der Waals surface area (Å²) in [7, 11) is 2.25. The van der Waals surface area contributed by atoms with E-state index in [-0.39, 0.29) is 0 Å². The van der Waals surface area contributed by atoms with E-state index in [1.165, 1.54) is 41.6 Å². The number of rotatable bonds is 4. The third kappa shape index (κ3) is 3.36. The zero-order valence-corrected chi connectivity index (χ0v) is 13.5. The van der Waals surface area contributed by atoms with Crippen molar-refractivity contribution in [3.05, 3.63) is 34.4 Å². The van der Waals surface area contributed by atoms with Gasteiger partial charge in [0.25, 0.3) is 0 Å². The van der Waals surface area contributed by atoms with Crippen LogP contribution in [-0.2, 0) is 6.54 Å². The summed E-state index contributed by atoms with van der Waals surface area (Å²) < 4.78 is 0. The second kappa shape index (κ2) is 5.75. The molecule has 0 spiro atoms. The van der Waals surface area contributed by atoms with Crippen LogP contribution in [0.3, 0.4) is 0 Å². The summed E-state index contributed by atoms with van der Waals surface area (Å²) in [6, 6.07) is 4.60. The van der Waals surface area contributed by atoms with Crippen molar-refractivity contribution in [3.63, 3.8) is 0 Å². The zero-order valence-electron chi connectivity index (χ0n) is 12.0. The molecule has 0 saturated heterocycles. The van der Waals surface area contributed by atoms with Crippen molar-refractivity contribution in [2.24, 2.45) is 5.92 Å². The fourth-order valence-corrected chi connectivity index (χ4v) is 4.10. The van der Waals surface area contributed by atoms with Gasteiger partial charge in [-0.15, -0.1) is 0 Å². The van der Waals surface area contributed by atoms with Crippen LogP contribution < -0.4 is 0 Å². The minimum absolute atomic E-state index is 0.777. The Morgan fingerprint density at radius 1 is 1.17 bits per heavy atom. The van der Waals surface area contributed by atoms with Gasteiger partial charge in [-0.3, -0.25) is 0 Å². The average Bonchev–Trinajstić information content (AvgIpc) is 2.21. The topological polar surface area (TPSA) is 3.24 Å². The first-order valence-electron chi connectivity index (χ1n) is 6.85. The van der Waals surface area contributed by atoms with E-state index < -0.39 is 0 Å². The largest absolute Gasteiger partial charge is 0.302 e. The Hall–Kier alpha value is -0.340. The zero-order chi connectivity index (χ0) is 13.3.